The third-order valence-electron chi connectivity index (χ3n) is 5.43. The normalized spacial score (nSPS) is 30.8. The molecule has 0 unspecified atom stereocenters. The van der Waals surface area contributed by atoms with Crippen LogP contribution in [0.3, 0.4) is 0 Å². The van der Waals surface area contributed by atoms with Gasteiger partial charge in [-0.25, -0.2) is 0 Å². The molecule has 3 fully saturated rings. The number of likely N-dealkylation sites (tertiary alicyclic amines) is 1. The van der Waals surface area contributed by atoms with Gasteiger partial charge in [-0.3, -0.25) is 4.79 Å². The second-order valence-corrected chi connectivity index (χ2v) is 7.51. The topological polar surface area (TPSA) is 65.4 Å². The molecule has 0 aromatic heterocycles. The molecule has 0 bridgehead atoms. The summed E-state index contributed by atoms with van der Waals surface area (Å²) in [6.07, 6.45) is 2.89. The van der Waals surface area contributed by atoms with Crippen LogP contribution in [-0.2, 0) is 9.53 Å². The molecule has 6 heteroatoms. The van der Waals surface area contributed by atoms with E-state index in [9.17, 15) is 9.90 Å². The Morgan fingerprint density at radius 2 is 2.12 bits per heavy atom. The number of amidine groups is 1. The zero-order chi connectivity index (χ0) is 17.4. The number of para-hydroxylation sites is 1. The van der Waals surface area contributed by atoms with Crippen molar-refractivity contribution in [1.29, 1.82) is 0 Å². The molecule has 25 heavy (non-hydrogen) atoms. The lowest BCUT2D eigenvalue weighted by molar-refractivity contribution is -0.143. The number of rotatable bonds is 3. The fraction of sp³-hybridized carbons (Fsp3) is 0.579. The van der Waals surface area contributed by atoms with Crippen molar-refractivity contribution in [3.8, 4) is 0 Å². The lowest BCUT2D eigenvalue weighted by atomic mass is 9.88. The van der Waals surface area contributed by atoms with Crippen molar-refractivity contribution in [2.24, 2.45) is 10.9 Å². The molecule has 1 aromatic rings. The average molecular weight is 343 g/mol. The molecule has 1 aliphatic carbocycles. The number of piperidine rings is 1. The molecule has 1 aromatic carbocycles. The number of carbonyl (C=O) groups excluding carboxylic acids is 1. The number of benzene rings is 1. The van der Waals surface area contributed by atoms with Crippen molar-refractivity contribution < 1.29 is 14.6 Å². The van der Waals surface area contributed by atoms with E-state index < -0.39 is 11.7 Å². The number of carbonyl (C=O) groups is 1. The van der Waals surface area contributed by atoms with Crippen molar-refractivity contribution >= 4 is 17.6 Å². The average Bonchev–Trinajstić information content (AvgIpc) is 3.36. The van der Waals surface area contributed by atoms with Crippen LogP contribution in [0.15, 0.2) is 35.3 Å². The number of β-amino-alcohol motifs (C(OH)–C–C–N with tert-alkyl or cyclic N) is 1. The molecule has 2 atom stereocenters. The Kier molecular flexibility index (Phi) is 4.15. The van der Waals surface area contributed by atoms with Gasteiger partial charge in [0, 0.05) is 26.4 Å². The third-order valence-corrected chi connectivity index (χ3v) is 5.43. The molecule has 1 spiro atoms. The molecule has 134 valence electrons. The molecule has 2 heterocycles. The van der Waals surface area contributed by atoms with Crippen molar-refractivity contribution in [2.45, 2.75) is 37.4 Å². The van der Waals surface area contributed by atoms with Gasteiger partial charge in [-0.15, -0.1) is 0 Å². The minimum absolute atomic E-state index is 0.168. The van der Waals surface area contributed by atoms with Crippen LogP contribution in [0.2, 0.25) is 0 Å². The number of likely N-dealkylation sites (N-methyl/N-ethyl adjacent to an activating group) is 1. The van der Waals surface area contributed by atoms with Crippen molar-refractivity contribution in [3.05, 3.63) is 30.3 Å². The summed E-state index contributed by atoms with van der Waals surface area (Å²) < 4.78 is 6.13. The first kappa shape index (κ1) is 16.4. The van der Waals surface area contributed by atoms with E-state index in [4.69, 9.17) is 4.74 Å². The summed E-state index contributed by atoms with van der Waals surface area (Å²) in [6.45, 7) is 1.57. The highest BCUT2D eigenvalue weighted by Crippen LogP contribution is 2.36. The van der Waals surface area contributed by atoms with Crippen LogP contribution < -0.4 is 0 Å². The van der Waals surface area contributed by atoms with Crippen LogP contribution in [0, 0.1) is 5.92 Å². The van der Waals surface area contributed by atoms with E-state index in [2.05, 4.69) is 4.99 Å². The Hall–Kier alpha value is -2.08. The van der Waals surface area contributed by atoms with Gasteiger partial charge in [0.1, 0.15) is 6.10 Å². The molecule has 6 nitrogen and oxygen atoms in total. The predicted octanol–water partition coefficient (Wildman–Crippen LogP) is 1.77. The largest absolute Gasteiger partial charge is 0.453 e. The molecular formula is C19H25N3O3. The van der Waals surface area contributed by atoms with Crippen LogP contribution in [0.4, 0.5) is 5.69 Å². The first-order chi connectivity index (χ1) is 12.1. The number of nitrogens with zero attached hydrogens (tertiary/aromatic N) is 3. The highest BCUT2D eigenvalue weighted by atomic mass is 16.6. The Labute approximate surface area is 148 Å². The minimum atomic E-state index is -0.699. The van der Waals surface area contributed by atoms with Gasteiger partial charge in [0.25, 0.3) is 6.02 Å². The lowest BCUT2D eigenvalue weighted by Gasteiger charge is -2.41. The maximum absolute atomic E-state index is 12.3. The molecule has 3 aliphatic rings. The minimum Gasteiger partial charge on any atom is -0.453 e. The maximum Gasteiger partial charge on any atom is 0.293 e. The highest BCUT2D eigenvalue weighted by Gasteiger charge is 2.51. The zero-order valence-corrected chi connectivity index (χ0v) is 14.6. The van der Waals surface area contributed by atoms with E-state index >= 15 is 0 Å². The summed E-state index contributed by atoms with van der Waals surface area (Å²) in [4.78, 5) is 20.6. The van der Waals surface area contributed by atoms with Crippen LogP contribution in [-0.4, -0.2) is 65.2 Å². The van der Waals surface area contributed by atoms with Gasteiger partial charge >= 0.3 is 0 Å². The van der Waals surface area contributed by atoms with E-state index in [-0.39, 0.29) is 5.91 Å². The Morgan fingerprint density at radius 1 is 1.36 bits per heavy atom. The predicted molar refractivity (Wildman–Crippen MR) is 94.5 cm³/mol. The Balaban J connectivity index is 1.44. The van der Waals surface area contributed by atoms with E-state index in [1.807, 2.05) is 42.3 Å². The smallest absolute Gasteiger partial charge is 0.293 e. The zero-order valence-electron chi connectivity index (χ0n) is 14.6. The summed E-state index contributed by atoms with van der Waals surface area (Å²) in [5, 5.41) is 10.7. The summed E-state index contributed by atoms with van der Waals surface area (Å²) in [7, 11) is 1.92. The summed E-state index contributed by atoms with van der Waals surface area (Å²) in [6, 6.07) is 10.2. The molecule has 0 radical (unpaired) electrons. The van der Waals surface area contributed by atoms with Gasteiger partial charge in [-0.2, -0.15) is 4.99 Å². The second-order valence-electron chi connectivity index (χ2n) is 7.51. The molecule has 1 saturated carbocycles. The number of amides is 1. The Morgan fingerprint density at radius 3 is 2.80 bits per heavy atom. The van der Waals surface area contributed by atoms with Crippen LogP contribution in [0.1, 0.15) is 25.7 Å². The molecule has 2 aliphatic heterocycles. The van der Waals surface area contributed by atoms with E-state index in [0.717, 1.165) is 5.69 Å². The molecule has 2 saturated heterocycles. The van der Waals surface area contributed by atoms with Crippen molar-refractivity contribution in [3.63, 3.8) is 0 Å². The van der Waals surface area contributed by atoms with Gasteiger partial charge in [-0.05, 0) is 30.9 Å². The van der Waals surface area contributed by atoms with Crippen LogP contribution in [0.5, 0.6) is 0 Å². The standard InChI is InChI=1S/C19H25N3O3/c1-21-13-19(25-18(21)20-15-5-3-2-4-6-15)9-10-22(12-16(19)23)17(24)11-14-7-8-14/h2-6,14,16,23H,7-13H2,1H3/t16-,19+/m0/s1. The maximum atomic E-state index is 12.3. The van der Waals surface area contributed by atoms with Crippen LogP contribution >= 0.6 is 0 Å². The molecule has 4 rings (SSSR count). The van der Waals surface area contributed by atoms with Crippen molar-refractivity contribution in [1.82, 2.24) is 9.80 Å². The second kappa shape index (κ2) is 6.33. The quantitative estimate of drug-likeness (QED) is 0.908. The fourth-order valence-electron chi connectivity index (χ4n) is 3.67. The highest BCUT2D eigenvalue weighted by molar-refractivity contribution is 5.80. The monoisotopic (exact) mass is 343 g/mol. The van der Waals surface area contributed by atoms with Gasteiger partial charge < -0.3 is 19.6 Å². The van der Waals surface area contributed by atoms with Crippen molar-refractivity contribution in [2.75, 3.05) is 26.7 Å². The summed E-state index contributed by atoms with van der Waals surface area (Å²) >= 11 is 0. The lowest BCUT2D eigenvalue weighted by Crippen LogP contribution is -2.58. The number of hydrogen-bond donors (Lipinski definition) is 1. The first-order valence-corrected chi connectivity index (χ1v) is 9.05. The van der Waals surface area contributed by atoms with E-state index in [1.54, 1.807) is 4.90 Å². The fourth-order valence-corrected chi connectivity index (χ4v) is 3.67. The van der Waals surface area contributed by atoms with Gasteiger partial charge in [0.2, 0.25) is 5.91 Å². The summed E-state index contributed by atoms with van der Waals surface area (Å²) in [5.74, 6) is 0.736. The van der Waals surface area contributed by atoms with Crippen LogP contribution in [0.25, 0.3) is 0 Å². The Bertz CT molecular complexity index is 674. The van der Waals surface area contributed by atoms with E-state index in [0.29, 0.717) is 44.4 Å². The number of hydrogen-bond acceptors (Lipinski definition) is 4. The third kappa shape index (κ3) is 3.35. The number of aliphatic imine (C=N–C) groups is 1. The molecular weight excluding hydrogens is 318 g/mol. The van der Waals surface area contributed by atoms with Gasteiger partial charge in [-0.1, -0.05) is 18.2 Å². The SMILES string of the molecule is CN1C[C@@]2(CCN(C(=O)CC3CC3)C[C@@H]2O)OC1=Nc1ccccc1. The van der Waals surface area contributed by atoms with Gasteiger partial charge in [0.05, 0.1) is 18.8 Å². The van der Waals surface area contributed by atoms with E-state index in [1.165, 1.54) is 12.8 Å². The number of aliphatic hydroxyl groups is 1. The molecule has 1 N–H and O–H groups in total. The number of ether oxygens (including phenoxy) is 1. The van der Waals surface area contributed by atoms with Gasteiger partial charge in [0.15, 0.2) is 5.60 Å². The first-order valence-electron chi connectivity index (χ1n) is 9.05. The molecule has 1 amide bonds. The summed E-state index contributed by atoms with van der Waals surface area (Å²) in [5.41, 5.74) is 0.159. The number of aliphatic hydroxyl groups excluding tert-OH is 1.